The van der Waals surface area contributed by atoms with Gasteiger partial charge in [-0.05, 0) is 31.9 Å². The minimum absolute atomic E-state index is 1.12. The van der Waals surface area contributed by atoms with E-state index in [0.29, 0.717) is 0 Å². The summed E-state index contributed by atoms with van der Waals surface area (Å²) in [6.07, 6.45) is 3.62. The average Bonchev–Trinajstić information content (AvgIpc) is 2.18. The van der Waals surface area contributed by atoms with Gasteiger partial charge in [0.15, 0.2) is 0 Å². The summed E-state index contributed by atoms with van der Waals surface area (Å²) < 4.78 is 0. The molecule has 1 rings (SSSR count). The Morgan fingerprint density at radius 2 is 1.92 bits per heavy atom. The number of aromatic nitrogens is 1. The molecule has 0 aliphatic rings. The van der Waals surface area contributed by atoms with Crippen molar-refractivity contribution in [3.63, 3.8) is 0 Å². The Morgan fingerprint density at radius 1 is 1.23 bits per heavy atom. The second kappa shape index (κ2) is 7.78. The van der Waals surface area contributed by atoms with Gasteiger partial charge in [0.2, 0.25) is 0 Å². The summed E-state index contributed by atoms with van der Waals surface area (Å²) in [5.41, 5.74) is 2.35. The lowest BCUT2D eigenvalue weighted by Gasteiger charge is -1.98. The van der Waals surface area contributed by atoms with E-state index in [2.05, 4.69) is 24.0 Å². The number of hydrogen-bond acceptors (Lipinski definition) is 1. The molecule has 1 nitrogen and oxygen atoms in total. The molecule has 0 N–H and O–H groups in total. The lowest BCUT2D eigenvalue weighted by atomic mass is 10.2. The summed E-state index contributed by atoms with van der Waals surface area (Å²) >= 11 is 0. The first-order chi connectivity index (χ1) is 6.33. The van der Waals surface area contributed by atoms with Crippen molar-refractivity contribution in [2.24, 2.45) is 0 Å². The number of rotatable bonds is 3. The van der Waals surface area contributed by atoms with Gasteiger partial charge in [0.1, 0.15) is 0 Å². The Labute approximate surface area is 82.2 Å². The quantitative estimate of drug-likeness (QED) is 0.688. The van der Waals surface area contributed by atoms with Crippen LogP contribution in [0.5, 0.6) is 0 Å². The Balaban J connectivity index is 0.000000671. The molecule has 0 saturated heterocycles. The van der Waals surface area contributed by atoms with Crippen LogP contribution in [0.4, 0.5) is 0 Å². The maximum atomic E-state index is 4.41. The van der Waals surface area contributed by atoms with Crippen molar-refractivity contribution >= 4 is 0 Å². The largest absolute Gasteiger partial charge is 0.258 e. The number of pyridine rings is 1. The van der Waals surface area contributed by atoms with Crippen LogP contribution in [-0.2, 0) is 6.42 Å². The van der Waals surface area contributed by atoms with E-state index in [9.17, 15) is 0 Å². The second-order valence-corrected chi connectivity index (χ2v) is 2.87. The van der Waals surface area contributed by atoms with Crippen molar-refractivity contribution in [1.29, 1.82) is 0 Å². The smallest absolute Gasteiger partial charge is 0.0406 e. The maximum absolute atomic E-state index is 4.41. The first kappa shape index (κ1) is 12.2. The molecule has 0 aromatic carbocycles. The minimum atomic E-state index is 1.12. The molecule has 13 heavy (non-hydrogen) atoms. The van der Waals surface area contributed by atoms with E-state index >= 15 is 0 Å². The van der Waals surface area contributed by atoms with Gasteiger partial charge in [-0.25, -0.2) is 0 Å². The molecule has 1 heterocycles. The highest BCUT2D eigenvalue weighted by molar-refractivity contribution is 5.09. The molecule has 1 aromatic heterocycles. The molecular formula is C12H21N. The van der Waals surface area contributed by atoms with Crippen molar-refractivity contribution in [3.05, 3.63) is 29.6 Å². The van der Waals surface area contributed by atoms with Crippen LogP contribution < -0.4 is 0 Å². The van der Waals surface area contributed by atoms with Crippen LogP contribution in [0.25, 0.3) is 0 Å². The van der Waals surface area contributed by atoms with Gasteiger partial charge < -0.3 is 0 Å². The zero-order chi connectivity index (χ0) is 10.1. The number of unbranched alkanes of at least 4 members (excludes halogenated alkanes) is 1. The van der Waals surface area contributed by atoms with Crippen LogP contribution in [0.15, 0.2) is 18.2 Å². The minimum Gasteiger partial charge on any atom is -0.258 e. The van der Waals surface area contributed by atoms with Crippen molar-refractivity contribution in [2.75, 3.05) is 0 Å². The van der Waals surface area contributed by atoms with Crippen molar-refractivity contribution in [1.82, 2.24) is 4.98 Å². The molecule has 1 heteroatoms. The predicted molar refractivity (Wildman–Crippen MR) is 58.9 cm³/mol. The fourth-order valence-electron chi connectivity index (χ4n) is 1.10. The van der Waals surface area contributed by atoms with E-state index in [0.717, 1.165) is 12.1 Å². The van der Waals surface area contributed by atoms with Gasteiger partial charge in [-0.15, -0.1) is 0 Å². The molecule has 0 fully saturated rings. The van der Waals surface area contributed by atoms with E-state index in [-0.39, 0.29) is 0 Å². The van der Waals surface area contributed by atoms with Crippen LogP contribution in [0, 0.1) is 6.92 Å². The van der Waals surface area contributed by atoms with Gasteiger partial charge in [0.05, 0.1) is 0 Å². The van der Waals surface area contributed by atoms with Gasteiger partial charge in [-0.2, -0.15) is 0 Å². The fraction of sp³-hybridized carbons (Fsp3) is 0.583. The molecule has 0 aliphatic heterocycles. The maximum Gasteiger partial charge on any atom is 0.0406 e. The van der Waals surface area contributed by atoms with E-state index in [1.165, 1.54) is 18.5 Å². The molecule has 0 amide bonds. The molecule has 0 radical (unpaired) electrons. The first-order valence-corrected chi connectivity index (χ1v) is 5.25. The number of aryl methyl sites for hydroxylation is 2. The summed E-state index contributed by atoms with van der Waals surface area (Å²) in [4.78, 5) is 4.41. The summed E-state index contributed by atoms with van der Waals surface area (Å²) in [5.74, 6) is 0. The fourth-order valence-corrected chi connectivity index (χ4v) is 1.10. The monoisotopic (exact) mass is 179 g/mol. The molecular weight excluding hydrogens is 158 g/mol. The summed E-state index contributed by atoms with van der Waals surface area (Å²) in [7, 11) is 0. The summed E-state index contributed by atoms with van der Waals surface area (Å²) in [6, 6.07) is 6.21. The third-order valence-corrected chi connectivity index (χ3v) is 1.73. The van der Waals surface area contributed by atoms with E-state index in [1.54, 1.807) is 0 Å². The van der Waals surface area contributed by atoms with Gasteiger partial charge in [0.25, 0.3) is 0 Å². The predicted octanol–water partition coefficient (Wildman–Crippen LogP) is 3.76. The van der Waals surface area contributed by atoms with Crippen LogP contribution in [0.2, 0.25) is 0 Å². The van der Waals surface area contributed by atoms with Crippen LogP contribution in [0.1, 0.15) is 45.0 Å². The molecule has 74 valence electrons. The summed E-state index contributed by atoms with van der Waals surface area (Å²) in [5, 5.41) is 0. The highest BCUT2D eigenvalue weighted by atomic mass is 14.7. The molecule has 0 atom stereocenters. The van der Waals surface area contributed by atoms with Gasteiger partial charge in [-0.3, -0.25) is 4.98 Å². The number of hydrogen-bond donors (Lipinski definition) is 0. The molecule has 0 aliphatic carbocycles. The zero-order valence-corrected chi connectivity index (χ0v) is 9.30. The molecule has 0 bridgehead atoms. The van der Waals surface area contributed by atoms with Crippen LogP contribution >= 0.6 is 0 Å². The van der Waals surface area contributed by atoms with Gasteiger partial charge in [0, 0.05) is 11.4 Å². The third kappa shape index (κ3) is 5.40. The molecule has 0 unspecified atom stereocenters. The lowest BCUT2D eigenvalue weighted by molar-refractivity contribution is 0.774. The van der Waals surface area contributed by atoms with Gasteiger partial charge in [-0.1, -0.05) is 33.3 Å². The van der Waals surface area contributed by atoms with Crippen molar-refractivity contribution in [3.8, 4) is 0 Å². The third-order valence-electron chi connectivity index (χ3n) is 1.73. The Morgan fingerprint density at radius 3 is 2.46 bits per heavy atom. The van der Waals surface area contributed by atoms with Crippen molar-refractivity contribution < 1.29 is 0 Å². The van der Waals surface area contributed by atoms with Crippen LogP contribution in [-0.4, -0.2) is 4.98 Å². The Bertz CT molecular complexity index is 218. The standard InChI is InChI=1S/C10H15N.C2H6/c1-3-4-7-10-8-5-6-9(2)11-10;1-2/h5-6,8H,3-4,7H2,1-2H3;1-2H3. The topological polar surface area (TPSA) is 12.9 Å². The molecule has 1 aromatic rings. The second-order valence-electron chi connectivity index (χ2n) is 2.87. The van der Waals surface area contributed by atoms with E-state index < -0.39 is 0 Å². The molecule has 0 spiro atoms. The SMILES string of the molecule is CC.CCCCc1cccc(C)n1. The van der Waals surface area contributed by atoms with Crippen LogP contribution in [0.3, 0.4) is 0 Å². The number of nitrogens with zero attached hydrogens (tertiary/aromatic N) is 1. The highest BCUT2D eigenvalue weighted by Gasteiger charge is 1.92. The summed E-state index contributed by atoms with van der Waals surface area (Å²) in [6.45, 7) is 8.24. The average molecular weight is 179 g/mol. The van der Waals surface area contributed by atoms with E-state index in [1.807, 2.05) is 26.8 Å². The normalized spacial score (nSPS) is 8.92. The Hall–Kier alpha value is -0.850. The highest BCUT2D eigenvalue weighted by Crippen LogP contribution is 2.02. The van der Waals surface area contributed by atoms with Crippen molar-refractivity contribution in [2.45, 2.75) is 47.0 Å². The zero-order valence-electron chi connectivity index (χ0n) is 9.30. The van der Waals surface area contributed by atoms with E-state index in [4.69, 9.17) is 0 Å². The molecule has 0 saturated carbocycles. The lowest BCUT2D eigenvalue weighted by Crippen LogP contribution is -1.90. The van der Waals surface area contributed by atoms with Gasteiger partial charge >= 0.3 is 0 Å². The first-order valence-electron chi connectivity index (χ1n) is 5.25. The Kier molecular flexibility index (Phi) is 7.27.